The molecule has 1 N–H and O–H groups in total. The highest BCUT2D eigenvalue weighted by molar-refractivity contribution is 5.69. The highest BCUT2D eigenvalue weighted by Crippen LogP contribution is 2.08. The number of rotatable bonds is 2. The molecular formula is C8H11N3O2. The lowest BCUT2D eigenvalue weighted by Gasteiger charge is -2.25. The molecule has 1 aromatic heterocycles. The smallest absolute Gasteiger partial charge is 0.317 e. The maximum atomic E-state index is 10.4. The minimum atomic E-state index is -0.778. The van der Waals surface area contributed by atoms with Crippen LogP contribution in [0.2, 0.25) is 0 Å². The van der Waals surface area contributed by atoms with Gasteiger partial charge >= 0.3 is 5.97 Å². The molecule has 0 atom stereocenters. The van der Waals surface area contributed by atoms with Gasteiger partial charge in [0.15, 0.2) is 0 Å². The molecule has 0 bridgehead atoms. The van der Waals surface area contributed by atoms with Crippen LogP contribution >= 0.6 is 0 Å². The Hall–Kier alpha value is -1.36. The molecule has 0 spiro atoms. The second-order valence-corrected chi connectivity index (χ2v) is 3.14. The quantitative estimate of drug-likeness (QED) is 0.685. The number of nitrogens with zero attached hydrogens (tertiary/aromatic N) is 3. The summed E-state index contributed by atoms with van der Waals surface area (Å²) in [4.78, 5) is 16.5. The molecule has 0 aromatic carbocycles. The maximum absolute atomic E-state index is 10.4. The van der Waals surface area contributed by atoms with Crippen LogP contribution in [0.1, 0.15) is 5.82 Å². The standard InChI is InChI=1S/C8H11N3O2/c12-8(13)6-10-3-4-11-2-1-9-7(11)5-10/h1-2H,3-6H2,(H,12,13). The summed E-state index contributed by atoms with van der Waals surface area (Å²) in [6, 6.07) is 0. The van der Waals surface area contributed by atoms with Gasteiger partial charge in [-0.25, -0.2) is 4.98 Å². The van der Waals surface area contributed by atoms with Gasteiger partial charge in [0.25, 0.3) is 0 Å². The lowest BCUT2D eigenvalue weighted by atomic mass is 10.3. The van der Waals surface area contributed by atoms with Crippen LogP contribution < -0.4 is 0 Å². The third kappa shape index (κ3) is 1.70. The zero-order chi connectivity index (χ0) is 9.26. The molecule has 0 aliphatic carbocycles. The van der Waals surface area contributed by atoms with Crippen molar-refractivity contribution in [3.8, 4) is 0 Å². The number of aliphatic carboxylic acids is 1. The highest BCUT2D eigenvalue weighted by atomic mass is 16.4. The molecule has 1 aromatic rings. The van der Waals surface area contributed by atoms with Crippen LogP contribution in [0.4, 0.5) is 0 Å². The Morgan fingerprint density at radius 2 is 2.46 bits per heavy atom. The second-order valence-electron chi connectivity index (χ2n) is 3.14. The largest absolute Gasteiger partial charge is 0.480 e. The summed E-state index contributed by atoms with van der Waals surface area (Å²) in [6.45, 7) is 2.37. The zero-order valence-corrected chi connectivity index (χ0v) is 7.18. The van der Waals surface area contributed by atoms with Gasteiger partial charge in [0.05, 0.1) is 13.1 Å². The van der Waals surface area contributed by atoms with Crippen LogP contribution in [-0.2, 0) is 17.9 Å². The van der Waals surface area contributed by atoms with E-state index in [1.807, 2.05) is 11.1 Å². The summed E-state index contributed by atoms with van der Waals surface area (Å²) >= 11 is 0. The van der Waals surface area contributed by atoms with Crippen LogP contribution in [0.15, 0.2) is 12.4 Å². The number of carboxylic acid groups (broad SMARTS) is 1. The molecule has 5 heteroatoms. The molecule has 0 amide bonds. The summed E-state index contributed by atoms with van der Waals surface area (Å²) in [5.74, 6) is 0.174. The van der Waals surface area contributed by atoms with E-state index in [2.05, 4.69) is 9.55 Å². The molecule has 0 fully saturated rings. The normalized spacial score (nSPS) is 16.9. The summed E-state index contributed by atoms with van der Waals surface area (Å²) in [5.41, 5.74) is 0. The van der Waals surface area contributed by atoms with Crippen molar-refractivity contribution in [1.82, 2.24) is 14.5 Å². The van der Waals surface area contributed by atoms with E-state index in [-0.39, 0.29) is 6.54 Å². The zero-order valence-electron chi connectivity index (χ0n) is 7.18. The van der Waals surface area contributed by atoms with Gasteiger partial charge in [0, 0.05) is 25.5 Å². The van der Waals surface area contributed by atoms with Crippen molar-refractivity contribution in [3.05, 3.63) is 18.2 Å². The highest BCUT2D eigenvalue weighted by Gasteiger charge is 2.17. The van der Waals surface area contributed by atoms with Crippen molar-refractivity contribution in [2.24, 2.45) is 0 Å². The number of imidazole rings is 1. The Morgan fingerprint density at radius 3 is 3.23 bits per heavy atom. The number of carboxylic acids is 1. The molecule has 0 unspecified atom stereocenters. The predicted molar refractivity (Wildman–Crippen MR) is 45.1 cm³/mol. The van der Waals surface area contributed by atoms with Gasteiger partial charge in [-0.15, -0.1) is 0 Å². The fraction of sp³-hybridized carbons (Fsp3) is 0.500. The van der Waals surface area contributed by atoms with Gasteiger partial charge in [-0.1, -0.05) is 0 Å². The topological polar surface area (TPSA) is 58.4 Å². The molecule has 0 saturated heterocycles. The fourth-order valence-electron chi connectivity index (χ4n) is 1.55. The van der Waals surface area contributed by atoms with E-state index >= 15 is 0 Å². The molecule has 2 heterocycles. The number of aromatic nitrogens is 2. The van der Waals surface area contributed by atoms with Crippen LogP contribution in [0.3, 0.4) is 0 Å². The third-order valence-corrected chi connectivity index (χ3v) is 2.18. The van der Waals surface area contributed by atoms with Crippen molar-refractivity contribution >= 4 is 5.97 Å². The van der Waals surface area contributed by atoms with Crippen LogP contribution in [0.5, 0.6) is 0 Å². The number of hydrogen-bond acceptors (Lipinski definition) is 3. The SMILES string of the molecule is O=C(O)CN1CCn2ccnc2C1. The average molecular weight is 181 g/mol. The number of fused-ring (bicyclic) bond motifs is 1. The third-order valence-electron chi connectivity index (χ3n) is 2.18. The molecule has 70 valence electrons. The van der Waals surface area contributed by atoms with E-state index in [0.29, 0.717) is 6.54 Å². The summed E-state index contributed by atoms with van der Waals surface area (Å²) in [5, 5.41) is 8.60. The number of carbonyl (C=O) groups is 1. The predicted octanol–water partition coefficient (Wildman–Crippen LogP) is -0.217. The summed E-state index contributed by atoms with van der Waals surface area (Å²) in [6.07, 6.45) is 3.67. The van der Waals surface area contributed by atoms with Crippen molar-refractivity contribution in [3.63, 3.8) is 0 Å². The van der Waals surface area contributed by atoms with Gasteiger partial charge in [-0.05, 0) is 0 Å². The van der Waals surface area contributed by atoms with Gasteiger partial charge in [0.2, 0.25) is 0 Å². The van der Waals surface area contributed by atoms with Gasteiger partial charge in [-0.2, -0.15) is 0 Å². The summed E-state index contributed by atoms with van der Waals surface area (Å²) in [7, 11) is 0. The van der Waals surface area contributed by atoms with Gasteiger partial charge in [0.1, 0.15) is 5.82 Å². The molecule has 5 nitrogen and oxygen atoms in total. The van der Waals surface area contributed by atoms with Crippen molar-refractivity contribution in [1.29, 1.82) is 0 Å². The second kappa shape index (κ2) is 3.18. The van der Waals surface area contributed by atoms with Crippen molar-refractivity contribution in [2.75, 3.05) is 13.1 Å². The first-order chi connectivity index (χ1) is 6.25. The van der Waals surface area contributed by atoms with E-state index in [1.54, 1.807) is 6.20 Å². The average Bonchev–Trinajstić information content (AvgIpc) is 2.49. The van der Waals surface area contributed by atoms with E-state index in [4.69, 9.17) is 5.11 Å². The Kier molecular flexibility index (Phi) is 2.02. The Labute approximate surface area is 75.6 Å². The van der Waals surface area contributed by atoms with Gasteiger partial charge < -0.3 is 9.67 Å². The lowest BCUT2D eigenvalue weighted by molar-refractivity contribution is -0.138. The van der Waals surface area contributed by atoms with Gasteiger partial charge in [-0.3, -0.25) is 9.69 Å². The van der Waals surface area contributed by atoms with Crippen LogP contribution in [0.25, 0.3) is 0 Å². The molecule has 13 heavy (non-hydrogen) atoms. The van der Waals surface area contributed by atoms with Crippen LogP contribution in [0, 0.1) is 0 Å². The van der Waals surface area contributed by atoms with Crippen molar-refractivity contribution in [2.45, 2.75) is 13.1 Å². The van der Waals surface area contributed by atoms with E-state index < -0.39 is 5.97 Å². The lowest BCUT2D eigenvalue weighted by Crippen LogP contribution is -2.37. The molecular weight excluding hydrogens is 170 g/mol. The van der Waals surface area contributed by atoms with Crippen LogP contribution in [-0.4, -0.2) is 38.6 Å². The molecule has 2 rings (SSSR count). The molecule has 1 aliphatic rings. The first kappa shape index (κ1) is 8.25. The summed E-state index contributed by atoms with van der Waals surface area (Å²) < 4.78 is 2.05. The molecule has 0 saturated carbocycles. The monoisotopic (exact) mass is 181 g/mol. The fourth-order valence-corrected chi connectivity index (χ4v) is 1.55. The molecule has 0 radical (unpaired) electrons. The van der Waals surface area contributed by atoms with E-state index in [0.717, 1.165) is 18.9 Å². The Balaban J connectivity index is 2.04. The number of hydrogen-bond donors (Lipinski definition) is 1. The first-order valence-corrected chi connectivity index (χ1v) is 4.20. The Bertz CT molecular complexity index is 321. The van der Waals surface area contributed by atoms with E-state index in [9.17, 15) is 4.79 Å². The Morgan fingerprint density at radius 1 is 1.62 bits per heavy atom. The molecule has 1 aliphatic heterocycles. The minimum Gasteiger partial charge on any atom is -0.480 e. The minimum absolute atomic E-state index is 0.104. The maximum Gasteiger partial charge on any atom is 0.317 e. The van der Waals surface area contributed by atoms with E-state index in [1.165, 1.54) is 0 Å². The first-order valence-electron chi connectivity index (χ1n) is 4.20. The van der Waals surface area contributed by atoms with Crippen molar-refractivity contribution < 1.29 is 9.90 Å².